The number of hydrogen-bond acceptors (Lipinski definition) is 4. The van der Waals surface area contributed by atoms with E-state index in [1.165, 1.54) is 6.08 Å². The molecule has 2 aromatic heterocycles. The number of primary amides is 1. The summed E-state index contributed by atoms with van der Waals surface area (Å²) in [5.41, 5.74) is 6.47. The lowest BCUT2D eigenvalue weighted by atomic mass is 10.2. The van der Waals surface area contributed by atoms with Crippen LogP contribution < -0.4 is 10.5 Å². The number of carbonyl (C=O) groups excluding carboxylic acids is 1. The van der Waals surface area contributed by atoms with Crippen LogP contribution in [0, 0.1) is 0 Å². The molecular weight excluding hydrogens is 246 g/mol. The van der Waals surface area contributed by atoms with E-state index in [-0.39, 0.29) is 12.7 Å². The summed E-state index contributed by atoms with van der Waals surface area (Å²) < 4.78 is 5.62. The van der Waals surface area contributed by atoms with Crippen LogP contribution in [0.2, 0.25) is 0 Å². The Hall–Kier alpha value is -2.34. The minimum atomic E-state index is -0.524. The van der Waals surface area contributed by atoms with E-state index in [4.69, 9.17) is 15.6 Å². The van der Waals surface area contributed by atoms with Crippen LogP contribution in [0.25, 0.3) is 17.1 Å². The molecule has 0 bridgehead atoms. The van der Waals surface area contributed by atoms with Gasteiger partial charge in [-0.05, 0) is 19.1 Å². The zero-order chi connectivity index (χ0) is 13.8. The smallest absolute Gasteiger partial charge is 0.241 e. The van der Waals surface area contributed by atoms with Crippen LogP contribution in [-0.4, -0.2) is 33.7 Å². The van der Waals surface area contributed by atoms with Gasteiger partial charge in [0.05, 0.1) is 12.0 Å². The second-order valence-corrected chi connectivity index (χ2v) is 4.12. The third kappa shape index (κ3) is 2.92. The Morgan fingerprint density at radius 2 is 2.47 bits per heavy atom. The van der Waals surface area contributed by atoms with Gasteiger partial charge in [0.25, 0.3) is 0 Å². The van der Waals surface area contributed by atoms with Gasteiger partial charge < -0.3 is 20.6 Å². The maximum Gasteiger partial charge on any atom is 0.241 e. The van der Waals surface area contributed by atoms with Crippen molar-refractivity contribution in [2.75, 3.05) is 6.61 Å². The third-order valence-electron chi connectivity index (χ3n) is 2.58. The number of hydrogen-bond donors (Lipinski definition) is 3. The van der Waals surface area contributed by atoms with Crippen molar-refractivity contribution in [3.63, 3.8) is 0 Å². The summed E-state index contributed by atoms with van der Waals surface area (Å²) in [6, 6.07) is 1.71. The Morgan fingerprint density at radius 3 is 3.16 bits per heavy atom. The minimum absolute atomic E-state index is 0.0826. The summed E-state index contributed by atoms with van der Waals surface area (Å²) in [7, 11) is 0. The highest BCUT2D eigenvalue weighted by molar-refractivity contribution is 5.96. The molecule has 0 saturated heterocycles. The molecule has 6 heteroatoms. The highest BCUT2D eigenvalue weighted by Crippen LogP contribution is 2.28. The number of aromatic amines is 1. The van der Waals surface area contributed by atoms with E-state index < -0.39 is 5.91 Å². The summed E-state index contributed by atoms with van der Waals surface area (Å²) >= 11 is 0. The van der Waals surface area contributed by atoms with E-state index in [0.717, 1.165) is 10.9 Å². The predicted molar refractivity (Wildman–Crippen MR) is 71.5 cm³/mol. The molecule has 0 spiro atoms. The normalized spacial score (nSPS) is 12.9. The van der Waals surface area contributed by atoms with Gasteiger partial charge >= 0.3 is 0 Å². The standard InChI is InChI=1S/C13H15N3O3/c1-8(7-17)19-10-4-5-15-13-12(10)9(6-16-13)2-3-11(14)18/h2-6,8,17H,7H2,1H3,(H2,14,18)(H,15,16)/b3-2+. The minimum Gasteiger partial charge on any atom is -0.487 e. The van der Waals surface area contributed by atoms with Gasteiger partial charge in [-0.1, -0.05) is 0 Å². The summed E-state index contributed by atoms with van der Waals surface area (Å²) in [5.74, 6) is 0.0707. The molecule has 0 radical (unpaired) electrons. The van der Waals surface area contributed by atoms with Gasteiger partial charge in [0, 0.05) is 24.0 Å². The lowest BCUT2D eigenvalue weighted by molar-refractivity contribution is -0.113. The molecule has 0 aliphatic rings. The first-order valence-electron chi connectivity index (χ1n) is 5.83. The summed E-state index contributed by atoms with van der Waals surface area (Å²) in [6.45, 7) is 1.68. The van der Waals surface area contributed by atoms with E-state index >= 15 is 0 Å². The van der Waals surface area contributed by atoms with Crippen molar-refractivity contribution in [2.24, 2.45) is 5.73 Å². The second-order valence-electron chi connectivity index (χ2n) is 4.12. The van der Waals surface area contributed by atoms with Crippen molar-refractivity contribution >= 4 is 23.0 Å². The van der Waals surface area contributed by atoms with Gasteiger partial charge in [-0.3, -0.25) is 4.79 Å². The van der Waals surface area contributed by atoms with E-state index in [0.29, 0.717) is 11.4 Å². The average Bonchev–Trinajstić information content (AvgIpc) is 2.80. The number of amides is 1. The monoisotopic (exact) mass is 261 g/mol. The van der Waals surface area contributed by atoms with E-state index in [1.54, 1.807) is 31.5 Å². The van der Waals surface area contributed by atoms with Crippen molar-refractivity contribution in [3.05, 3.63) is 30.1 Å². The molecule has 2 rings (SSSR count). The first-order chi connectivity index (χ1) is 9.11. The molecule has 19 heavy (non-hydrogen) atoms. The van der Waals surface area contributed by atoms with Gasteiger partial charge in [0.2, 0.25) is 5.91 Å². The third-order valence-corrected chi connectivity index (χ3v) is 2.58. The number of aliphatic hydroxyl groups is 1. The molecule has 4 N–H and O–H groups in total. The van der Waals surface area contributed by atoms with Crippen molar-refractivity contribution in [3.8, 4) is 5.75 Å². The van der Waals surface area contributed by atoms with Crippen LogP contribution in [0.5, 0.6) is 5.75 Å². The van der Waals surface area contributed by atoms with Crippen LogP contribution in [0.4, 0.5) is 0 Å². The van der Waals surface area contributed by atoms with Crippen molar-refractivity contribution < 1.29 is 14.6 Å². The van der Waals surface area contributed by atoms with Gasteiger partial charge in [0.1, 0.15) is 17.5 Å². The first-order valence-corrected chi connectivity index (χ1v) is 5.83. The number of carbonyl (C=O) groups is 1. The number of fused-ring (bicyclic) bond motifs is 1. The molecule has 0 saturated carbocycles. The van der Waals surface area contributed by atoms with Gasteiger partial charge in [-0.15, -0.1) is 0 Å². The fourth-order valence-corrected chi connectivity index (χ4v) is 1.71. The maximum absolute atomic E-state index is 10.8. The van der Waals surface area contributed by atoms with E-state index in [1.807, 2.05) is 0 Å². The fraction of sp³-hybridized carbons (Fsp3) is 0.231. The molecule has 0 fully saturated rings. The molecule has 2 heterocycles. The van der Waals surface area contributed by atoms with Crippen LogP contribution >= 0.6 is 0 Å². The molecule has 0 aliphatic carbocycles. The summed E-state index contributed by atoms with van der Waals surface area (Å²) in [6.07, 6.45) is 5.87. The lowest BCUT2D eigenvalue weighted by Gasteiger charge is -2.12. The Labute approximate surface area is 109 Å². The zero-order valence-electron chi connectivity index (χ0n) is 10.5. The number of ether oxygens (including phenoxy) is 1. The lowest BCUT2D eigenvalue weighted by Crippen LogP contribution is -2.16. The Balaban J connectivity index is 2.46. The van der Waals surface area contributed by atoms with Gasteiger partial charge in [-0.25, -0.2) is 4.98 Å². The molecule has 0 aliphatic heterocycles. The molecule has 2 aromatic rings. The number of nitrogens with zero attached hydrogens (tertiary/aromatic N) is 1. The molecule has 0 aromatic carbocycles. The van der Waals surface area contributed by atoms with Crippen LogP contribution in [0.3, 0.4) is 0 Å². The molecule has 1 amide bonds. The SMILES string of the molecule is CC(CO)Oc1ccnc2[nH]cc(/C=C/C(N)=O)c12. The zero-order valence-corrected chi connectivity index (χ0v) is 10.5. The highest BCUT2D eigenvalue weighted by Gasteiger charge is 2.11. The quantitative estimate of drug-likeness (QED) is 0.693. The second kappa shape index (κ2) is 5.53. The molecule has 6 nitrogen and oxygen atoms in total. The van der Waals surface area contributed by atoms with Gasteiger partial charge in [-0.2, -0.15) is 0 Å². The van der Waals surface area contributed by atoms with Crippen LogP contribution in [0.1, 0.15) is 12.5 Å². The molecule has 1 atom stereocenters. The topological polar surface area (TPSA) is 101 Å². The highest BCUT2D eigenvalue weighted by atomic mass is 16.5. The van der Waals surface area contributed by atoms with Crippen molar-refractivity contribution in [1.82, 2.24) is 9.97 Å². The summed E-state index contributed by atoms with van der Waals surface area (Å²) in [4.78, 5) is 17.9. The number of aliphatic hydroxyl groups excluding tert-OH is 1. The van der Waals surface area contributed by atoms with Crippen LogP contribution in [0.15, 0.2) is 24.5 Å². The Bertz CT molecular complexity index is 619. The fourth-order valence-electron chi connectivity index (χ4n) is 1.71. The maximum atomic E-state index is 10.8. The number of nitrogens with one attached hydrogen (secondary N) is 1. The number of H-pyrrole nitrogens is 1. The van der Waals surface area contributed by atoms with E-state index in [2.05, 4.69) is 9.97 Å². The molecule has 100 valence electrons. The number of pyridine rings is 1. The van der Waals surface area contributed by atoms with Crippen LogP contribution in [-0.2, 0) is 4.79 Å². The number of rotatable bonds is 5. The average molecular weight is 261 g/mol. The van der Waals surface area contributed by atoms with Crippen molar-refractivity contribution in [1.29, 1.82) is 0 Å². The Morgan fingerprint density at radius 1 is 1.68 bits per heavy atom. The predicted octanol–water partition coefficient (Wildman–Crippen LogP) is 0.821. The van der Waals surface area contributed by atoms with Crippen molar-refractivity contribution in [2.45, 2.75) is 13.0 Å². The summed E-state index contributed by atoms with van der Waals surface area (Å²) in [5, 5.41) is 9.79. The van der Waals surface area contributed by atoms with Gasteiger partial charge in [0.15, 0.2) is 0 Å². The first kappa shape index (κ1) is 13.1. The number of nitrogens with two attached hydrogens (primary N) is 1. The number of aromatic nitrogens is 2. The molecule has 1 unspecified atom stereocenters. The molecular formula is C13H15N3O3. The Kier molecular flexibility index (Phi) is 3.82. The largest absolute Gasteiger partial charge is 0.487 e. The van der Waals surface area contributed by atoms with E-state index in [9.17, 15) is 4.79 Å².